The van der Waals surface area contributed by atoms with Crippen LogP contribution in [0.15, 0.2) is 43.0 Å². The molecule has 2 aliphatic heterocycles. The Morgan fingerprint density at radius 2 is 2.00 bits per heavy atom. The Kier molecular flexibility index (Phi) is 6.61. The van der Waals surface area contributed by atoms with Crippen molar-refractivity contribution in [2.24, 2.45) is 0 Å². The number of hydrogen-bond donors (Lipinski definition) is 1. The smallest absolute Gasteiger partial charge is 0.272 e. The maximum atomic E-state index is 12.1. The van der Waals surface area contributed by atoms with E-state index in [1.54, 1.807) is 13.8 Å². The number of nitrogens with one attached hydrogen (secondary N) is 1. The number of rotatable bonds is 6. The summed E-state index contributed by atoms with van der Waals surface area (Å²) in [5.41, 5.74) is 0.989. The summed E-state index contributed by atoms with van der Waals surface area (Å²) < 4.78 is 21.8. The van der Waals surface area contributed by atoms with E-state index in [0.29, 0.717) is 6.61 Å². The van der Waals surface area contributed by atoms with Gasteiger partial charge in [0.25, 0.3) is 9.70 Å². The van der Waals surface area contributed by atoms with Gasteiger partial charge in [-0.15, -0.1) is 6.58 Å². The first kappa shape index (κ1) is 21.8. The van der Waals surface area contributed by atoms with Crippen LogP contribution in [0.3, 0.4) is 0 Å². The summed E-state index contributed by atoms with van der Waals surface area (Å²) in [6.45, 7) is 7.69. The third-order valence-electron chi connectivity index (χ3n) is 4.48. The van der Waals surface area contributed by atoms with E-state index in [2.05, 4.69) is 11.9 Å². The molecule has 3 rings (SSSR count). The highest BCUT2D eigenvalue weighted by Crippen LogP contribution is 2.40. The molecule has 1 N–H and O–H groups in total. The second kappa shape index (κ2) is 8.48. The van der Waals surface area contributed by atoms with E-state index >= 15 is 0 Å². The standard InChI is InChI=1S/C19H22Cl3NO5/c1-4-12(23-17(24)19(20,21)22)13-14(25-10-11-8-6-5-7-9-11)15-16(26-13)28-18(2,3)27-15/h4-9,12-16H,1,10H2,2-3H3,(H,23,24)/t12-,13+,14-,15+,16+/m0/s1. The molecule has 9 heteroatoms. The second-order valence-electron chi connectivity index (χ2n) is 7.06. The van der Waals surface area contributed by atoms with Gasteiger partial charge in [-0.3, -0.25) is 4.79 Å². The van der Waals surface area contributed by atoms with Gasteiger partial charge in [0.1, 0.15) is 18.3 Å². The van der Waals surface area contributed by atoms with Crippen LogP contribution in [0.4, 0.5) is 0 Å². The average Bonchev–Trinajstić information content (AvgIpc) is 3.09. The van der Waals surface area contributed by atoms with Crippen LogP contribution in [0.5, 0.6) is 0 Å². The van der Waals surface area contributed by atoms with Crippen LogP contribution in [0.25, 0.3) is 0 Å². The van der Waals surface area contributed by atoms with Crippen LogP contribution in [0.1, 0.15) is 19.4 Å². The molecule has 2 saturated heterocycles. The fraction of sp³-hybridized carbons (Fsp3) is 0.526. The predicted octanol–water partition coefficient (Wildman–Crippen LogP) is 3.49. The molecule has 1 aromatic rings. The van der Waals surface area contributed by atoms with Crippen LogP contribution in [0.2, 0.25) is 0 Å². The Balaban J connectivity index is 1.77. The van der Waals surface area contributed by atoms with Crippen molar-refractivity contribution in [1.82, 2.24) is 5.32 Å². The number of amides is 1. The van der Waals surface area contributed by atoms with E-state index in [-0.39, 0.29) is 0 Å². The Labute approximate surface area is 179 Å². The van der Waals surface area contributed by atoms with Crippen molar-refractivity contribution in [3.05, 3.63) is 48.6 Å². The summed E-state index contributed by atoms with van der Waals surface area (Å²) in [6.07, 6.45) is -0.790. The molecule has 0 aliphatic carbocycles. The summed E-state index contributed by atoms with van der Waals surface area (Å²) in [5.74, 6) is -1.59. The number of fused-ring (bicyclic) bond motifs is 1. The first-order valence-corrected chi connectivity index (χ1v) is 9.91. The first-order chi connectivity index (χ1) is 13.1. The van der Waals surface area contributed by atoms with Gasteiger partial charge >= 0.3 is 0 Å². The largest absolute Gasteiger partial charge is 0.368 e. The summed E-state index contributed by atoms with van der Waals surface area (Å²) in [5, 5.41) is 2.62. The Morgan fingerprint density at radius 3 is 2.61 bits per heavy atom. The molecule has 154 valence electrons. The van der Waals surface area contributed by atoms with Crippen molar-refractivity contribution in [2.75, 3.05) is 0 Å². The number of hydrogen-bond acceptors (Lipinski definition) is 5. The van der Waals surface area contributed by atoms with Crippen LogP contribution >= 0.6 is 34.8 Å². The molecule has 0 bridgehead atoms. The Morgan fingerprint density at radius 1 is 1.32 bits per heavy atom. The summed E-state index contributed by atoms with van der Waals surface area (Å²) in [6, 6.07) is 9.01. The van der Waals surface area contributed by atoms with E-state index in [9.17, 15) is 4.79 Å². The normalized spacial score (nSPS) is 29.9. The first-order valence-electron chi connectivity index (χ1n) is 8.77. The van der Waals surface area contributed by atoms with E-state index in [4.69, 9.17) is 53.8 Å². The molecule has 0 aromatic heterocycles. The molecule has 2 aliphatic rings. The molecule has 0 saturated carbocycles. The molecular formula is C19H22Cl3NO5. The average molecular weight is 451 g/mol. The summed E-state index contributed by atoms with van der Waals surface area (Å²) in [4.78, 5) is 12.1. The van der Waals surface area contributed by atoms with Gasteiger partial charge in [0.2, 0.25) is 0 Å². The highest BCUT2D eigenvalue weighted by molar-refractivity contribution is 6.76. The van der Waals surface area contributed by atoms with Crippen molar-refractivity contribution in [3.8, 4) is 0 Å². The van der Waals surface area contributed by atoms with Gasteiger partial charge in [0.05, 0.1) is 12.6 Å². The molecule has 2 heterocycles. The zero-order valence-electron chi connectivity index (χ0n) is 15.4. The van der Waals surface area contributed by atoms with Crippen LogP contribution in [0, 0.1) is 0 Å². The van der Waals surface area contributed by atoms with E-state index < -0.39 is 46.1 Å². The highest BCUT2D eigenvalue weighted by atomic mass is 35.6. The van der Waals surface area contributed by atoms with E-state index in [1.165, 1.54) is 6.08 Å². The molecule has 1 amide bonds. The fourth-order valence-corrected chi connectivity index (χ4v) is 3.42. The van der Waals surface area contributed by atoms with Gasteiger partial charge in [0, 0.05) is 0 Å². The second-order valence-corrected chi connectivity index (χ2v) is 9.34. The number of carbonyl (C=O) groups is 1. The van der Waals surface area contributed by atoms with Crippen LogP contribution in [-0.2, 0) is 30.3 Å². The SMILES string of the molecule is C=C[C@H](NC(=O)C(Cl)(Cl)Cl)[C@H]1O[C@@H]2OC(C)(C)O[C@@H]2[C@H]1OCc1ccccc1. The lowest BCUT2D eigenvalue weighted by atomic mass is 10.0. The van der Waals surface area contributed by atoms with Crippen molar-refractivity contribution in [1.29, 1.82) is 0 Å². The van der Waals surface area contributed by atoms with E-state index in [0.717, 1.165) is 5.56 Å². The molecule has 28 heavy (non-hydrogen) atoms. The number of alkyl halides is 3. The quantitative estimate of drug-likeness (QED) is 0.531. The topological polar surface area (TPSA) is 66.0 Å². The molecule has 0 radical (unpaired) electrons. The van der Waals surface area contributed by atoms with E-state index in [1.807, 2.05) is 30.3 Å². The lowest BCUT2D eigenvalue weighted by molar-refractivity contribution is -0.221. The molecule has 6 nitrogen and oxygen atoms in total. The van der Waals surface area contributed by atoms with Crippen molar-refractivity contribution in [2.45, 2.75) is 60.7 Å². The van der Waals surface area contributed by atoms with Crippen molar-refractivity contribution in [3.63, 3.8) is 0 Å². The molecule has 5 atom stereocenters. The molecule has 1 aromatic carbocycles. The molecule has 2 fully saturated rings. The minimum absolute atomic E-state index is 0.334. The lowest BCUT2D eigenvalue weighted by Gasteiger charge is -2.30. The number of carbonyl (C=O) groups excluding carboxylic acids is 1. The summed E-state index contributed by atoms with van der Waals surface area (Å²) in [7, 11) is 0. The monoisotopic (exact) mass is 449 g/mol. The third kappa shape index (κ3) is 5.00. The highest BCUT2D eigenvalue weighted by Gasteiger charge is 2.57. The van der Waals surface area contributed by atoms with Crippen molar-refractivity contribution >= 4 is 40.7 Å². The minimum Gasteiger partial charge on any atom is -0.368 e. The number of benzene rings is 1. The molecule has 0 unspecified atom stereocenters. The van der Waals surface area contributed by atoms with Gasteiger partial charge < -0.3 is 24.3 Å². The zero-order chi connectivity index (χ0) is 20.5. The number of halogens is 3. The number of ether oxygens (including phenoxy) is 4. The third-order valence-corrected chi connectivity index (χ3v) is 4.99. The van der Waals surface area contributed by atoms with Gasteiger partial charge in [-0.1, -0.05) is 71.2 Å². The summed E-state index contributed by atoms with van der Waals surface area (Å²) >= 11 is 17.0. The Hall–Kier alpha value is -0.860. The maximum absolute atomic E-state index is 12.1. The molecular weight excluding hydrogens is 429 g/mol. The fourth-order valence-electron chi connectivity index (χ4n) is 3.26. The van der Waals surface area contributed by atoms with Crippen LogP contribution < -0.4 is 5.32 Å². The van der Waals surface area contributed by atoms with Gasteiger partial charge in [-0.05, 0) is 19.4 Å². The lowest BCUT2D eigenvalue weighted by Crippen LogP contribution is -2.51. The van der Waals surface area contributed by atoms with Gasteiger partial charge in [0.15, 0.2) is 12.1 Å². The minimum atomic E-state index is -2.11. The van der Waals surface area contributed by atoms with Gasteiger partial charge in [-0.25, -0.2) is 0 Å². The zero-order valence-corrected chi connectivity index (χ0v) is 17.7. The Bertz CT molecular complexity index is 709. The molecule has 0 spiro atoms. The van der Waals surface area contributed by atoms with Crippen LogP contribution in [-0.4, -0.2) is 46.1 Å². The maximum Gasteiger partial charge on any atom is 0.272 e. The predicted molar refractivity (Wildman–Crippen MR) is 106 cm³/mol. The van der Waals surface area contributed by atoms with Crippen molar-refractivity contribution < 1.29 is 23.7 Å². The van der Waals surface area contributed by atoms with Gasteiger partial charge in [-0.2, -0.15) is 0 Å².